The number of hydrogen-bond acceptors (Lipinski definition) is 4. The predicted octanol–water partition coefficient (Wildman–Crippen LogP) is 5.17. The molecule has 2 aromatic heterocycles. The minimum absolute atomic E-state index is 0.0653. The lowest BCUT2D eigenvalue weighted by atomic mass is 9.89. The van der Waals surface area contributed by atoms with Gasteiger partial charge in [-0.25, -0.2) is 18.2 Å². The molecule has 0 radical (unpaired) electrons. The number of rotatable bonds is 4. The van der Waals surface area contributed by atoms with Crippen LogP contribution in [-0.4, -0.2) is 41.5 Å². The van der Waals surface area contributed by atoms with E-state index in [-0.39, 0.29) is 16.8 Å². The Balaban J connectivity index is 2.11. The first-order valence-electron chi connectivity index (χ1n) is 10.3. The molecule has 0 bridgehead atoms. The van der Waals surface area contributed by atoms with E-state index in [2.05, 4.69) is 9.97 Å². The van der Waals surface area contributed by atoms with Crippen molar-refractivity contribution >= 4 is 5.91 Å². The van der Waals surface area contributed by atoms with Crippen molar-refractivity contribution in [1.82, 2.24) is 14.9 Å². The molecular formula is C24H22F3N3O2. The Morgan fingerprint density at radius 3 is 2.41 bits per heavy atom. The van der Waals surface area contributed by atoms with Crippen LogP contribution < -0.4 is 0 Å². The average Bonchev–Trinajstić information content (AvgIpc) is 2.80. The van der Waals surface area contributed by atoms with Gasteiger partial charge in [0.1, 0.15) is 23.0 Å². The number of aromatic nitrogens is 2. The summed E-state index contributed by atoms with van der Waals surface area (Å²) in [6.07, 6.45) is 4.48. The third kappa shape index (κ3) is 3.98. The maximum absolute atomic E-state index is 16.1. The van der Waals surface area contributed by atoms with Crippen molar-refractivity contribution in [1.29, 1.82) is 0 Å². The number of hydrogen-bond donors (Lipinski definition) is 0. The van der Waals surface area contributed by atoms with Crippen LogP contribution in [-0.2, 0) is 4.74 Å². The molecule has 1 amide bonds. The number of amides is 1. The van der Waals surface area contributed by atoms with Crippen LogP contribution in [0, 0.1) is 17.5 Å². The van der Waals surface area contributed by atoms with Crippen LogP contribution in [0.3, 0.4) is 0 Å². The van der Waals surface area contributed by atoms with Crippen LogP contribution in [0.4, 0.5) is 13.2 Å². The lowest BCUT2D eigenvalue weighted by molar-refractivity contribution is 0.0131. The lowest BCUT2D eigenvalue weighted by Crippen LogP contribution is -2.26. The van der Waals surface area contributed by atoms with Crippen molar-refractivity contribution in [3.8, 4) is 22.4 Å². The topological polar surface area (TPSA) is 55.3 Å². The van der Waals surface area contributed by atoms with E-state index in [0.717, 1.165) is 25.0 Å². The van der Waals surface area contributed by atoms with Crippen LogP contribution in [0.25, 0.3) is 22.4 Å². The van der Waals surface area contributed by atoms with E-state index in [1.165, 1.54) is 31.3 Å². The van der Waals surface area contributed by atoms with Gasteiger partial charge in [-0.3, -0.25) is 9.78 Å². The molecule has 1 aromatic carbocycles. The third-order valence-corrected chi connectivity index (χ3v) is 5.43. The maximum atomic E-state index is 16.1. The highest BCUT2D eigenvalue weighted by Gasteiger charge is 2.33. The largest absolute Gasteiger partial charge is 0.373 e. The molecule has 0 spiro atoms. The molecule has 4 rings (SSSR count). The van der Waals surface area contributed by atoms with E-state index in [9.17, 15) is 13.6 Å². The first-order chi connectivity index (χ1) is 15.4. The van der Waals surface area contributed by atoms with Crippen LogP contribution in [0.15, 0.2) is 42.7 Å². The van der Waals surface area contributed by atoms with Crippen molar-refractivity contribution < 1.29 is 22.7 Å². The number of ether oxygens (including phenoxy) is 1. The second kappa shape index (κ2) is 9.08. The van der Waals surface area contributed by atoms with Gasteiger partial charge in [-0.15, -0.1) is 0 Å². The molecule has 1 atom stereocenters. The number of pyridine rings is 2. The molecule has 1 unspecified atom stereocenters. The van der Waals surface area contributed by atoms with Gasteiger partial charge in [-0.05, 0) is 37.5 Å². The maximum Gasteiger partial charge on any atom is 0.272 e. The second-order valence-corrected chi connectivity index (χ2v) is 7.80. The molecule has 8 heteroatoms. The molecule has 166 valence electrons. The number of halogens is 3. The fraction of sp³-hybridized carbons (Fsp3) is 0.292. The van der Waals surface area contributed by atoms with Gasteiger partial charge in [0, 0.05) is 49.8 Å². The van der Waals surface area contributed by atoms with Crippen molar-refractivity contribution in [3.05, 3.63) is 71.4 Å². The van der Waals surface area contributed by atoms with E-state index in [1.54, 1.807) is 18.3 Å². The zero-order chi connectivity index (χ0) is 22.8. The lowest BCUT2D eigenvalue weighted by Gasteiger charge is -2.28. The van der Waals surface area contributed by atoms with Crippen LogP contribution in [0.2, 0.25) is 0 Å². The molecule has 1 aliphatic rings. The summed E-state index contributed by atoms with van der Waals surface area (Å²) >= 11 is 0. The third-order valence-electron chi connectivity index (χ3n) is 5.43. The van der Waals surface area contributed by atoms with Crippen molar-refractivity contribution in [2.75, 3.05) is 20.7 Å². The standard InChI is InChI=1S/C24H22F3N3O2/c1-30(2)24(31)23-18(14-7-6-11-28-13-14)20(17-10-3-4-12-32-17)21(27)22(29-23)19-15(25)8-5-9-16(19)26/h5-9,11,13,17H,3-4,10,12H2,1-2H3. The Morgan fingerprint density at radius 2 is 1.81 bits per heavy atom. The molecule has 1 saturated heterocycles. The Bertz CT molecular complexity index is 1130. The zero-order valence-electron chi connectivity index (χ0n) is 17.7. The van der Waals surface area contributed by atoms with Gasteiger partial charge in [0.15, 0.2) is 5.82 Å². The quantitative estimate of drug-likeness (QED) is 0.561. The van der Waals surface area contributed by atoms with Crippen molar-refractivity contribution in [3.63, 3.8) is 0 Å². The highest BCUT2D eigenvalue weighted by Crippen LogP contribution is 2.42. The Kier molecular flexibility index (Phi) is 6.23. The van der Waals surface area contributed by atoms with Crippen molar-refractivity contribution in [2.24, 2.45) is 0 Å². The molecule has 0 N–H and O–H groups in total. The van der Waals surface area contributed by atoms with Crippen LogP contribution in [0.1, 0.15) is 41.4 Å². The monoisotopic (exact) mass is 441 g/mol. The summed E-state index contributed by atoms with van der Waals surface area (Å²) < 4.78 is 51.2. The molecule has 5 nitrogen and oxygen atoms in total. The fourth-order valence-electron chi connectivity index (χ4n) is 3.91. The molecule has 0 saturated carbocycles. The van der Waals surface area contributed by atoms with Gasteiger partial charge in [-0.2, -0.15) is 0 Å². The predicted molar refractivity (Wildman–Crippen MR) is 113 cm³/mol. The molecule has 3 heterocycles. The zero-order valence-corrected chi connectivity index (χ0v) is 17.7. The van der Waals surface area contributed by atoms with Crippen LogP contribution >= 0.6 is 0 Å². The van der Waals surface area contributed by atoms with Gasteiger partial charge in [0.25, 0.3) is 5.91 Å². The SMILES string of the molecule is CN(C)C(=O)c1nc(-c2c(F)cccc2F)c(F)c(C2CCCCO2)c1-c1cccnc1. The summed E-state index contributed by atoms with van der Waals surface area (Å²) in [5, 5.41) is 0. The first-order valence-corrected chi connectivity index (χ1v) is 10.3. The summed E-state index contributed by atoms with van der Waals surface area (Å²) in [6, 6.07) is 6.59. The van der Waals surface area contributed by atoms with E-state index in [4.69, 9.17) is 4.74 Å². The average molecular weight is 441 g/mol. The van der Waals surface area contributed by atoms with Crippen LogP contribution in [0.5, 0.6) is 0 Å². The Morgan fingerprint density at radius 1 is 1.06 bits per heavy atom. The normalized spacial score (nSPS) is 16.1. The van der Waals surface area contributed by atoms with Gasteiger partial charge < -0.3 is 9.64 Å². The minimum Gasteiger partial charge on any atom is -0.373 e. The highest BCUT2D eigenvalue weighted by atomic mass is 19.1. The number of carbonyl (C=O) groups excluding carboxylic acids is 1. The van der Waals surface area contributed by atoms with Gasteiger partial charge in [-0.1, -0.05) is 12.1 Å². The molecular weight excluding hydrogens is 419 g/mol. The Hall–Kier alpha value is -3.26. The summed E-state index contributed by atoms with van der Waals surface area (Å²) in [4.78, 5) is 22.7. The van der Waals surface area contributed by atoms with Gasteiger partial charge in [0.05, 0.1) is 11.7 Å². The van der Waals surface area contributed by atoms with Crippen molar-refractivity contribution in [2.45, 2.75) is 25.4 Å². The summed E-state index contributed by atoms with van der Waals surface area (Å²) in [5.41, 5.74) is -0.535. The number of benzene rings is 1. The van der Waals surface area contributed by atoms with E-state index < -0.39 is 40.7 Å². The Labute approximate surface area is 183 Å². The molecule has 1 aliphatic heterocycles. The summed E-state index contributed by atoms with van der Waals surface area (Å²) in [7, 11) is 3.06. The summed E-state index contributed by atoms with van der Waals surface area (Å²) in [5.74, 6) is -3.37. The van der Waals surface area contributed by atoms with E-state index in [0.29, 0.717) is 18.6 Å². The second-order valence-electron chi connectivity index (χ2n) is 7.80. The smallest absolute Gasteiger partial charge is 0.272 e. The number of nitrogens with zero attached hydrogens (tertiary/aromatic N) is 3. The molecule has 32 heavy (non-hydrogen) atoms. The minimum atomic E-state index is -0.968. The fourth-order valence-corrected chi connectivity index (χ4v) is 3.91. The van der Waals surface area contributed by atoms with E-state index in [1.807, 2.05) is 0 Å². The number of carbonyl (C=O) groups is 1. The molecule has 0 aliphatic carbocycles. The van der Waals surface area contributed by atoms with Gasteiger partial charge >= 0.3 is 0 Å². The highest BCUT2D eigenvalue weighted by molar-refractivity contribution is 6.00. The molecule has 1 fully saturated rings. The molecule has 3 aromatic rings. The summed E-state index contributed by atoms with van der Waals surface area (Å²) in [6.45, 7) is 0.416. The first kappa shape index (κ1) is 22.0. The van der Waals surface area contributed by atoms with E-state index >= 15 is 4.39 Å². The van der Waals surface area contributed by atoms with Gasteiger partial charge in [0.2, 0.25) is 0 Å².